The van der Waals surface area contributed by atoms with Crippen LogP contribution in [0.1, 0.15) is 44.9 Å². The molecule has 1 amide bonds. The number of benzene rings is 1. The number of hydrogen-bond donors (Lipinski definition) is 1. The lowest BCUT2D eigenvalue weighted by molar-refractivity contribution is -0.116. The van der Waals surface area contributed by atoms with Crippen molar-refractivity contribution in [3.05, 3.63) is 42.7 Å². The van der Waals surface area contributed by atoms with E-state index in [2.05, 4.69) is 15.3 Å². The second-order valence-electron chi connectivity index (χ2n) is 6.21. The number of rotatable bonds is 5. The van der Waals surface area contributed by atoms with Gasteiger partial charge in [0.25, 0.3) is 0 Å². The van der Waals surface area contributed by atoms with Crippen LogP contribution >= 0.6 is 0 Å². The Morgan fingerprint density at radius 1 is 1.04 bits per heavy atom. The predicted molar refractivity (Wildman–Crippen MR) is 91.9 cm³/mol. The van der Waals surface area contributed by atoms with Crippen LogP contribution in [0.4, 0.5) is 5.82 Å². The van der Waals surface area contributed by atoms with Crippen LogP contribution in [0.15, 0.2) is 42.7 Å². The van der Waals surface area contributed by atoms with Crippen molar-refractivity contribution in [1.29, 1.82) is 0 Å². The summed E-state index contributed by atoms with van der Waals surface area (Å²) in [5.74, 6) is 1.30. The third-order valence-corrected chi connectivity index (χ3v) is 4.51. The summed E-state index contributed by atoms with van der Waals surface area (Å²) in [5, 5.41) is 2.94. The molecule has 0 spiro atoms. The zero-order valence-corrected chi connectivity index (χ0v) is 13.4. The monoisotopic (exact) mass is 309 g/mol. The Bertz CT molecular complexity index is 636. The summed E-state index contributed by atoms with van der Waals surface area (Å²) in [7, 11) is 0. The molecule has 0 aliphatic heterocycles. The van der Waals surface area contributed by atoms with E-state index in [0.717, 1.165) is 17.7 Å². The van der Waals surface area contributed by atoms with Crippen molar-refractivity contribution in [2.45, 2.75) is 44.9 Å². The van der Waals surface area contributed by atoms with Crippen molar-refractivity contribution in [3.8, 4) is 11.3 Å². The third kappa shape index (κ3) is 4.38. The molecule has 1 aromatic carbocycles. The maximum absolute atomic E-state index is 12.3. The normalized spacial score (nSPS) is 15.3. The van der Waals surface area contributed by atoms with Crippen LogP contribution in [-0.4, -0.2) is 15.9 Å². The van der Waals surface area contributed by atoms with E-state index in [1.807, 2.05) is 30.3 Å². The first kappa shape index (κ1) is 15.7. The van der Waals surface area contributed by atoms with Gasteiger partial charge in [0, 0.05) is 24.4 Å². The highest BCUT2D eigenvalue weighted by Crippen LogP contribution is 2.28. The fraction of sp³-hybridized carbons (Fsp3) is 0.421. The van der Waals surface area contributed by atoms with Gasteiger partial charge in [-0.15, -0.1) is 0 Å². The molecule has 0 atom stereocenters. The first-order chi connectivity index (χ1) is 11.3. The first-order valence-electron chi connectivity index (χ1n) is 8.49. The molecule has 23 heavy (non-hydrogen) atoms. The smallest absolute Gasteiger partial charge is 0.225 e. The quantitative estimate of drug-likeness (QED) is 0.888. The number of hydrogen-bond acceptors (Lipinski definition) is 3. The Morgan fingerprint density at radius 3 is 2.57 bits per heavy atom. The molecule has 1 N–H and O–H groups in total. The fourth-order valence-corrected chi connectivity index (χ4v) is 3.24. The molecule has 1 aliphatic rings. The third-order valence-electron chi connectivity index (χ3n) is 4.51. The minimum absolute atomic E-state index is 0.0354. The molecule has 1 heterocycles. The van der Waals surface area contributed by atoms with Gasteiger partial charge in [0.1, 0.15) is 5.69 Å². The Balaban J connectivity index is 1.62. The second kappa shape index (κ2) is 7.86. The molecule has 1 saturated carbocycles. The average Bonchev–Trinajstić information content (AvgIpc) is 2.62. The Morgan fingerprint density at radius 2 is 1.78 bits per heavy atom. The molecular formula is C19H23N3O. The van der Waals surface area contributed by atoms with Crippen LogP contribution in [0.5, 0.6) is 0 Å². The van der Waals surface area contributed by atoms with E-state index in [4.69, 9.17) is 0 Å². The molecule has 0 radical (unpaired) electrons. The predicted octanol–water partition coefficient (Wildman–Crippen LogP) is 4.44. The van der Waals surface area contributed by atoms with Gasteiger partial charge in [0.05, 0.1) is 0 Å². The number of nitrogens with one attached hydrogen (secondary N) is 1. The second-order valence-corrected chi connectivity index (χ2v) is 6.21. The lowest BCUT2D eigenvalue weighted by atomic mass is 9.86. The maximum atomic E-state index is 12.3. The molecule has 120 valence electrons. The molecular weight excluding hydrogens is 286 g/mol. The van der Waals surface area contributed by atoms with Gasteiger partial charge >= 0.3 is 0 Å². The molecule has 4 nitrogen and oxygen atoms in total. The zero-order chi connectivity index (χ0) is 15.9. The number of amides is 1. The summed E-state index contributed by atoms with van der Waals surface area (Å²) >= 11 is 0. The number of anilines is 1. The van der Waals surface area contributed by atoms with E-state index in [1.54, 1.807) is 12.4 Å². The van der Waals surface area contributed by atoms with E-state index in [0.29, 0.717) is 18.2 Å². The number of carbonyl (C=O) groups excluding carboxylic acids is 1. The first-order valence-corrected chi connectivity index (χ1v) is 8.49. The summed E-state index contributed by atoms with van der Waals surface area (Å²) in [4.78, 5) is 20.9. The Kier molecular flexibility index (Phi) is 5.35. The molecule has 0 saturated heterocycles. The van der Waals surface area contributed by atoms with Crippen LogP contribution in [0.3, 0.4) is 0 Å². The van der Waals surface area contributed by atoms with Crippen LogP contribution in [0.2, 0.25) is 0 Å². The minimum Gasteiger partial charge on any atom is -0.309 e. The maximum Gasteiger partial charge on any atom is 0.225 e. The van der Waals surface area contributed by atoms with Crippen molar-refractivity contribution >= 4 is 11.7 Å². The van der Waals surface area contributed by atoms with E-state index in [-0.39, 0.29) is 5.91 Å². The molecule has 3 rings (SSSR count). The highest BCUT2D eigenvalue weighted by molar-refractivity contribution is 5.93. The molecule has 4 heteroatoms. The van der Waals surface area contributed by atoms with Gasteiger partial charge < -0.3 is 5.32 Å². The van der Waals surface area contributed by atoms with Crippen LogP contribution < -0.4 is 5.32 Å². The van der Waals surface area contributed by atoms with Crippen LogP contribution in [-0.2, 0) is 4.79 Å². The van der Waals surface area contributed by atoms with E-state index >= 15 is 0 Å². The number of nitrogens with zero attached hydrogens (tertiary/aromatic N) is 2. The fourth-order valence-electron chi connectivity index (χ4n) is 3.24. The van der Waals surface area contributed by atoms with Crippen LogP contribution in [0.25, 0.3) is 11.3 Å². The van der Waals surface area contributed by atoms with Gasteiger partial charge in [-0.05, 0) is 12.3 Å². The largest absolute Gasteiger partial charge is 0.309 e. The highest BCUT2D eigenvalue weighted by Gasteiger charge is 2.16. The molecule has 1 fully saturated rings. The SMILES string of the molecule is O=C(CCC1CCCCC1)Nc1nccnc1-c1ccccc1. The summed E-state index contributed by atoms with van der Waals surface area (Å²) < 4.78 is 0. The topological polar surface area (TPSA) is 54.9 Å². The van der Waals surface area contributed by atoms with Gasteiger partial charge in [-0.2, -0.15) is 0 Å². The van der Waals surface area contributed by atoms with Crippen LogP contribution in [0, 0.1) is 5.92 Å². The average molecular weight is 309 g/mol. The minimum atomic E-state index is 0.0354. The Hall–Kier alpha value is -2.23. The van der Waals surface area contributed by atoms with Crippen molar-refractivity contribution in [1.82, 2.24) is 9.97 Å². The Labute approximate surface area is 137 Å². The van der Waals surface area contributed by atoms with Gasteiger partial charge in [-0.3, -0.25) is 9.78 Å². The molecule has 0 unspecified atom stereocenters. The zero-order valence-electron chi connectivity index (χ0n) is 13.4. The van der Waals surface area contributed by atoms with Crippen molar-refractivity contribution in [2.24, 2.45) is 5.92 Å². The number of carbonyl (C=O) groups is 1. The highest BCUT2D eigenvalue weighted by atomic mass is 16.1. The van der Waals surface area contributed by atoms with E-state index < -0.39 is 0 Å². The van der Waals surface area contributed by atoms with Crippen molar-refractivity contribution in [3.63, 3.8) is 0 Å². The summed E-state index contributed by atoms with van der Waals surface area (Å²) in [6, 6.07) is 9.82. The summed E-state index contributed by atoms with van der Waals surface area (Å²) in [5.41, 5.74) is 1.68. The molecule has 1 aliphatic carbocycles. The molecule has 0 bridgehead atoms. The van der Waals surface area contributed by atoms with Gasteiger partial charge in [-0.25, -0.2) is 4.98 Å². The molecule has 2 aromatic rings. The van der Waals surface area contributed by atoms with Crippen molar-refractivity contribution in [2.75, 3.05) is 5.32 Å². The summed E-state index contributed by atoms with van der Waals surface area (Å²) in [6.07, 6.45) is 11.3. The van der Waals surface area contributed by atoms with E-state index in [9.17, 15) is 4.79 Å². The molecule has 1 aromatic heterocycles. The lowest BCUT2D eigenvalue weighted by Crippen LogP contribution is -2.16. The van der Waals surface area contributed by atoms with Crippen molar-refractivity contribution < 1.29 is 4.79 Å². The van der Waals surface area contributed by atoms with E-state index in [1.165, 1.54) is 32.1 Å². The van der Waals surface area contributed by atoms with Gasteiger partial charge in [-0.1, -0.05) is 62.4 Å². The van der Waals surface area contributed by atoms with Gasteiger partial charge in [0.2, 0.25) is 5.91 Å². The summed E-state index contributed by atoms with van der Waals surface area (Å²) in [6.45, 7) is 0. The lowest BCUT2D eigenvalue weighted by Gasteiger charge is -2.21. The van der Waals surface area contributed by atoms with Gasteiger partial charge in [0.15, 0.2) is 5.82 Å². The standard InChI is InChI=1S/C19H23N3O/c23-17(12-11-15-7-3-1-4-8-15)22-19-18(20-13-14-21-19)16-9-5-2-6-10-16/h2,5-6,9-10,13-15H,1,3-4,7-8,11-12H2,(H,21,22,23). The number of aromatic nitrogens is 2.